The summed E-state index contributed by atoms with van der Waals surface area (Å²) in [7, 11) is 0. The first-order valence-electron chi connectivity index (χ1n) is 7.89. The van der Waals surface area contributed by atoms with E-state index in [-0.39, 0.29) is 23.5 Å². The van der Waals surface area contributed by atoms with Crippen molar-refractivity contribution >= 4 is 34.7 Å². The van der Waals surface area contributed by atoms with Crippen LogP contribution >= 0.6 is 22.9 Å². The quantitative estimate of drug-likeness (QED) is 0.372. The average Bonchev–Trinajstić information content (AvgIpc) is 3.12. The highest BCUT2D eigenvalue weighted by Crippen LogP contribution is 2.30. The van der Waals surface area contributed by atoms with Gasteiger partial charge in [0, 0.05) is 23.6 Å². The molecule has 8 nitrogen and oxygen atoms in total. The summed E-state index contributed by atoms with van der Waals surface area (Å²) in [5.41, 5.74) is 6.86. The second-order valence-corrected chi connectivity index (χ2v) is 7.27. The molecule has 0 saturated heterocycles. The number of hydrogen-bond donors (Lipinski definition) is 5. The molecule has 0 radical (unpaired) electrons. The standard InChI is InChI=1S/C16H18ClN5O3S/c1-7-6-26-11(19-7)3-2-9-14(17)21-16(18)22-15(9)20-10-4-8(5-23)12(24)13(10)25/h6,8,10,12-13,23-25H,4-5H2,1H3,(H3,18,20,21,22)/t8-,10-,12-,13+/m1/s1. The molecule has 4 atom stereocenters. The summed E-state index contributed by atoms with van der Waals surface area (Å²) in [6.07, 6.45) is -1.73. The second-order valence-electron chi connectivity index (χ2n) is 6.05. The molecule has 0 bridgehead atoms. The van der Waals surface area contributed by atoms with Gasteiger partial charge in [-0.3, -0.25) is 0 Å². The molecule has 0 spiro atoms. The Bertz CT molecular complexity index is 865. The first-order chi connectivity index (χ1) is 12.4. The summed E-state index contributed by atoms with van der Waals surface area (Å²) in [5.74, 6) is 5.59. The Morgan fingerprint density at radius 3 is 2.69 bits per heavy atom. The van der Waals surface area contributed by atoms with Crippen molar-refractivity contribution in [3.05, 3.63) is 26.8 Å². The minimum atomic E-state index is -1.07. The molecule has 1 aliphatic carbocycles. The lowest BCUT2D eigenvalue weighted by molar-refractivity contribution is 0.00445. The molecule has 3 rings (SSSR count). The number of nitrogens with two attached hydrogens (primary N) is 1. The molecular weight excluding hydrogens is 378 g/mol. The Kier molecular flexibility index (Phi) is 5.60. The number of anilines is 2. The molecule has 0 amide bonds. The van der Waals surface area contributed by atoms with Crippen LogP contribution in [-0.2, 0) is 0 Å². The predicted octanol–water partition coefficient (Wildman–Crippen LogP) is 0.391. The molecule has 138 valence electrons. The van der Waals surface area contributed by atoms with Crippen molar-refractivity contribution < 1.29 is 15.3 Å². The van der Waals surface area contributed by atoms with Crippen LogP contribution in [0.2, 0.25) is 5.15 Å². The summed E-state index contributed by atoms with van der Waals surface area (Å²) in [5, 5.41) is 35.1. The van der Waals surface area contributed by atoms with Gasteiger partial charge >= 0.3 is 0 Å². The van der Waals surface area contributed by atoms with Crippen molar-refractivity contribution in [1.29, 1.82) is 0 Å². The van der Waals surface area contributed by atoms with Crippen LogP contribution in [0.3, 0.4) is 0 Å². The average molecular weight is 396 g/mol. The van der Waals surface area contributed by atoms with Gasteiger partial charge in [0.15, 0.2) is 10.2 Å². The van der Waals surface area contributed by atoms with E-state index in [9.17, 15) is 15.3 Å². The van der Waals surface area contributed by atoms with E-state index in [0.29, 0.717) is 17.0 Å². The summed E-state index contributed by atoms with van der Waals surface area (Å²) in [4.78, 5) is 12.3. The van der Waals surface area contributed by atoms with Gasteiger partial charge in [0.25, 0.3) is 0 Å². The van der Waals surface area contributed by atoms with Crippen LogP contribution in [-0.4, -0.2) is 55.1 Å². The van der Waals surface area contributed by atoms with Gasteiger partial charge in [0.1, 0.15) is 17.5 Å². The minimum Gasteiger partial charge on any atom is -0.396 e. The van der Waals surface area contributed by atoms with Gasteiger partial charge in [-0.2, -0.15) is 9.97 Å². The lowest BCUT2D eigenvalue weighted by Gasteiger charge is -2.19. The van der Waals surface area contributed by atoms with Crippen molar-refractivity contribution in [2.24, 2.45) is 5.92 Å². The maximum absolute atomic E-state index is 10.2. The lowest BCUT2D eigenvalue weighted by Crippen LogP contribution is -2.35. The third kappa shape index (κ3) is 3.90. The highest BCUT2D eigenvalue weighted by atomic mass is 35.5. The molecule has 1 saturated carbocycles. The number of nitrogens with zero attached hydrogens (tertiary/aromatic N) is 3. The molecule has 0 aliphatic heterocycles. The van der Waals surface area contributed by atoms with Gasteiger partial charge in [-0.25, -0.2) is 4.98 Å². The Morgan fingerprint density at radius 2 is 2.08 bits per heavy atom. The first-order valence-corrected chi connectivity index (χ1v) is 9.15. The second kappa shape index (κ2) is 7.73. The summed E-state index contributed by atoms with van der Waals surface area (Å²) in [6.45, 7) is 1.65. The summed E-state index contributed by atoms with van der Waals surface area (Å²) in [6, 6.07) is -0.532. The van der Waals surface area contributed by atoms with Crippen LogP contribution in [0, 0.1) is 24.7 Å². The molecule has 6 N–H and O–H groups in total. The van der Waals surface area contributed by atoms with Gasteiger partial charge in [-0.15, -0.1) is 11.3 Å². The Labute approximate surface area is 159 Å². The van der Waals surface area contributed by atoms with Gasteiger partial charge in [-0.05, 0) is 19.3 Å². The fourth-order valence-electron chi connectivity index (χ4n) is 2.82. The maximum Gasteiger partial charge on any atom is 0.223 e. The molecule has 2 aromatic rings. The zero-order valence-electron chi connectivity index (χ0n) is 13.8. The zero-order valence-corrected chi connectivity index (χ0v) is 15.4. The molecular formula is C16H18ClN5O3S. The van der Waals surface area contributed by atoms with Crippen LogP contribution in [0.4, 0.5) is 11.8 Å². The van der Waals surface area contributed by atoms with Gasteiger partial charge in [0.2, 0.25) is 5.95 Å². The minimum absolute atomic E-state index is 0.0418. The molecule has 0 unspecified atom stereocenters. The van der Waals surface area contributed by atoms with Crippen molar-refractivity contribution in [3.8, 4) is 11.8 Å². The third-order valence-electron chi connectivity index (χ3n) is 4.15. The van der Waals surface area contributed by atoms with E-state index in [2.05, 4.69) is 32.1 Å². The molecule has 2 aromatic heterocycles. The number of thiazole rings is 1. The number of rotatable bonds is 3. The lowest BCUT2D eigenvalue weighted by atomic mass is 10.1. The van der Waals surface area contributed by atoms with E-state index in [1.807, 2.05) is 12.3 Å². The normalized spacial score (nSPS) is 25.0. The van der Waals surface area contributed by atoms with Crippen LogP contribution in [0.15, 0.2) is 5.38 Å². The Balaban J connectivity index is 1.91. The van der Waals surface area contributed by atoms with Crippen molar-refractivity contribution in [2.45, 2.75) is 31.6 Å². The van der Waals surface area contributed by atoms with E-state index in [0.717, 1.165) is 5.69 Å². The number of aliphatic hydroxyl groups is 3. The fourth-order valence-corrected chi connectivity index (χ4v) is 3.68. The van der Waals surface area contributed by atoms with Crippen molar-refractivity contribution in [1.82, 2.24) is 15.0 Å². The van der Waals surface area contributed by atoms with Gasteiger partial charge in [0.05, 0.1) is 12.1 Å². The summed E-state index contributed by atoms with van der Waals surface area (Å²) >= 11 is 7.58. The van der Waals surface area contributed by atoms with Crippen molar-refractivity contribution in [3.63, 3.8) is 0 Å². The van der Waals surface area contributed by atoms with Crippen LogP contribution in [0.1, 0.15) is 22.7 Å². The molecule has 0 aromatic carbocycles. The SMILES string of the molecule is Cc1csc(C#Cc2c(Cl)nc(N)nc2N[C@@H]2C[C@H](CO)[C@@H](O)[C@H]2O)n1. The largest absolute Gasteiger partial charge is 0.396 e. The predicted molar refractivity (Wildman–Crippen MR) is 98.9 cm³/mol. The molecule has 2 heterocycles. The number of halogens is 1. The maximum atomic E-state index is 10.2. The molecule has 1 fully saturated rings. The van der Waals surface area contributed by atoms with E-state index in [4.69, 9.17) is 17.3 Å². The van der Waals surface area contributed by atoms with Crippen LogP contribution < -0.4 is 11.1 Å². The third-order valence-corrected chi connectivity index (χ3v) is 5.30. The topological polar surface area (TPSA) is 137 Å². The summed E-state index contributed by atoms with van der Waals surface area (Å²) < 4.78 is 0. The van der Waals surface area contributed by atoms with E-state index in [1.165, 1.54) is 11.3 Å². The van der Waals surface area contributed by atoms with E-state index in [1.54, 1.807) is 0 Å². The number of aliphatic hydroxyl groups excluding tert-OH is 3. The van der Waals surface area contributed by atoms with Crippen LogP contribution in [0.25, 0.3) is 0 Å². The Morgan fingerprint density at radius 1 is 1.31 bits per heavy atom. The molecule has 10 heteroatoms. The number of aryl methyl sites for hydroxylation is 1. The van der Waals surface area contributed by atoms with E-state index < -0.39 is 24.2 Å². The van der Waals surface area contributed by atoms with Crippen LogP contribution in [0.5, 0.6) is 0 Å². The molecule has 26 heavy (non-hydrogen) atoms. The van der Waals surface area contributed by atoms with Gasteiger partial charge < -0.3 is 26.4 Å². The smallest absolute Gasteiger partial charge is 0.223 e. The number of nitrogen functional groups attached to an aromatic ring is 1. The van der Waals surface area contributed by atoms with Gasteiger partial charge in [-0.1, -0.05) is 17.5 Å². The number of aromatic nitrogens is 3. The number of hydrogen-bond acceptors (Lipinski definition) is 9. The van der Waals surface area contributed by atoms with Crippen molar-refractivity contribution in [2.75, 3.05) is 17.7 Å². The first kappa shape index (κ1) is 18.8. The molecule has 1 aliphatic rings. The van der Waals surface area contributed by atoms with E-state index >= 15 is 0 Å². The Hall–Kier alpha value is -1.96. The highest BCUT2D eigenvalue weighted by Gasteiger charge is 2.41. The fraction of sp³-hybridized carbons (Fsp3) is 0.438. The highest BCUT2D eigenvalue weighted by molar-refractivity contribution is 7.10. The number of nitrogens with one attached hydrogen (secondary N) is 1. The monoisotopic (exact) mass is 395 g/mol. The zero-order chi connectivity index (χ0) is 18.8.